The third kappa shape index (κ3) is 2.24. The van der Waals surface area contributed by atoms with Crippen molar-refractivity contribution in [2.24, 2.45) is 11.8 Å². The molecule has 110 valence electrons. The van der Waals surface area contributed by atoms with Crippen molar-refractivity contribution in [2.75, 3.05) is 24.2 Å². The van der Waals surface area contributed by atoms with E-state index in [0.29, 0.717) is 18.0 Å². The molecule has 1 saturated heterocycles. The van der Waals surface area contributed by atoms with E-state index in [-0.39, 0.29) is 0 Å². The molecule has 0 aromatic carbocycles. The Morgan fingerprint density at radius 3 is 2.70 bits per heavy atom. The van der Waals surface area contributed by atoms with Gasteiger partial charge in [0, 0.05) is 12.1 Å². The highest BCUT2D eigenvalue weighted by atomic mass is 15.4. The minimum absolute atomic E-state index is 0.399. The first kappa shape index (κ1) is 13.6. The lowest BCUT2D eigenvalue weighted by Gasteiger charge is -2.43. The lowest BCUT2D eigenvalue weighted by Crippen LogP contribution is -2.56. The highest BCUT2D eigenvalue weighted by Crippen LogP contribution is 2.36. The van der Waals surface area contributed by atoms with Crippen molar-refractivity contribution in [3.8, 4) is 0 Å². The van der Waals surface area contributed by atoms with Crippen LogP contribution >= 0.6 is 0 Å². The maximum Gasteiger partial charge on any atom is 0.222 e. The number of nitrogen functional groups attached to an aromatic ring is 1. The summed E-state index contributed by atoms with van der Waals surface area (Å²) < 4.78 is 0. The fraction of sp³-hybridized carbons (Fsp3) is 0.733. The van der Waals surface area contributed by atoms with Crippen LogP contribution in [0.25, 0.3) is 0 Å². The average Bonchev–Trinajstić information content (AvgIpc) is 2.37. The number of anilines is 2. The van der Waals surface area contributed by atoms with Gasteiger partial charge in [0.25, 0.3) is 0 Å². The molecule has 1 aliphatic carbocycles. The van der Waals surface area contributed by atoms with Crippen molar-refractivity contribution < 1.29 is 0 Å². The van der Waals surface area contributed by atoms with Crippen molar-refractivity contribution >= 4 is 11.8 Å². The molecule has 5 heteroatoms. The number of hydrogen-bond donors (Lipinski definition) is 2. The second-order valence-electron chi connectivity index (χ2n) is 6.36. The summed E-state index contributed by atoms with van der Waals surface area (Å²) in [4.78, 5) is 11.4. The van der Waals surface area contributed by atoms with Crippen LogP contribution in [0.3, 0.4) is 0 Å². The Bertz CT molecular complexity index is 497. The highest BCUT2D eigenvalue weighted by molar-refractivity contribution is 5.55. The third-order valence-corrected chi connectivity index (χ3v) is 4.88. The molecule has 2 heterocycles. The van der Waals surface area contributed by atoms with Gasteiger partial charge in [0.2, 0.25) is 5.95 Å². The molecular weight excluding hydrogens is 250 g/mol. The Balaban J connectivity index is 1.93. The predicted octanol–water partition coefficient (Wildman–Crippen LogP) is 1.58. The van der Waals surface area contributed by atoms with E-state index in [9.17, 15) is 0 Å². The molecule has 2 aliphatic rings. The van der Waals surface area contributed by atoms with Gasteiger partial charge in [0.1, 0.15) is 5.82 Å². The monoisotopic (exact) mass is 275 g/mol. The zero-order valence-electron chi connectivity index (χ0n) is 12.7. The second-order valence-corrected chi connectivity index (χ2v) is 6.36. The Kier molecular flexibility index (Phi) is 3.54. The average molecular weight is 275 g/mol. The predicted molar refractivity (Wildman–Crippen MR) is 81.6 cm³/mol. The fourth-order valence-corrected chi connectivity index (χ4v) is 3.39. The van der Waals surface area contributed by atoms with Crippen LogP contribution in [0.4, 0.5) is 11.8 Å². The Morgan fingerprint density at radius 1 is 1.30 bits per heavy atom. The quantitative estimate of drug-likeness (QED) is 0.876. The summed E-state index contributed by atoms with van der Waals surface area (Å²) in [5, 5.41) is 3.33. The van der Waals surface area contributed by atoms with Crippen LogP contribution < -0.4 is 16.0 Å². The van der Waals surface area contributed by atoms with Gasteiger partial charge < -0.3 is 16.0 Å². The lowest BCUT2D eigenvalue weighted by atomic mass is 9.80. The number of nitrogens with two attached hydrogens (primary N) is 1. The molecule has 5 nitrogen and oxygen atoms in total. The SMILES string of the molecule is CNC1CCN1c1nc(N)nc2c1CCC(C(C)C)C2. The number of rotatable bonds is 3. The largest absolute Gasteiger partial charge is 0.368 e. The van der Waals surface area contributed by atoms with E-state index in [0.717, 1.165) is 31.1 Å². The molecule has 1 fully saturated rings. The number of hydrogen-bond acceptors (Lipinski definition) is 5. The Labute approximate surface area is 121 Å². The normalized spacial score (nSPS) is 25.5. The molecule has 0 amide bonds. The minimum atomic E-state index is 0.399. The van der Waals surface area contributed by atoms with Gasteiger partial charge in [-0.1, -0.05) is 13.8 Å². The van der Waals surface area contributed by atoms with Gasteiger partial charge in [0.15, 0.2) is 0 Å². The first-order valence-corrected chi connectivity index (χ1v) is 7.69. The number of aromatic nitrogens is 2. The third-order valence-electron chi connectivity index (χ3n) is 4.88. The molecule has 2 atom stereocenters. The van der Waals surface area contributed by atoms with E-state index in [1.165, 1.54) is 24.1 Å². The Morgan fingerprint density at radius 2 is 2.10 bits per heavy atom. The van der Waals surface area contributed by atoms with Gasteiger partial charge in [0.05, 0.1) is 11.9 Å². The number of fused-ring (bicyclic) bond motifs is 1. The van der Waals surface area contributed by atoms with Gasteiger partial charge in [-0.05, 0) is 44.6 Å². The number of nitrogens with zero attached hydrogens (tertiary/aromatic N) is 3. The molecule has 20 heavy (non-hydrogen) atoms. The van der Waals surface area contributed by atoms with E-state index in [4.69, 9.17) is 5.73 Å². The topological polar surface area (TPSA) is 67.1 Å². The lowest BCUT2D eigenvalue weighted by molar-refractivity contribution is 0.336. The van der Waals surface area contributed by atoms with Gasteiger partial charge in [-0.2, -0.15) is 4.98 Å². The van der Waals surface area contributed by atoms with Crippen LogP contribution in [0.2, 0.25) is 0 Å². The smallest absolute Gasteiger partial charge is 0.222 e. The van der Waals surface area contributed by atoms with Crippen molar-refractivity contribution in [1.82, 2.24) is 15.3 Å². The van der Waals surface area contributed by atoms with Crippen LogP contribution in [-0.4, -0.2) is 29.7 Å². The molecule has 0 saturated carbocycles. The Hall–Kier alpha value is -1.36. The summed E-state index contributed by atoms with van der Waals surface area (Å²) in [5.74, 6) is 2.92. The first-order valence-electron chi connectivity index (χ1n) is 7.69. The molecule has 0 radical (unpaired) electrons. The number of nitrogens with one attached hydrogen (secondary N) is 1. The summed E-state index contributed by atoms with van der Waals surface area (Å²) in [7, 11) is 2.00. The minimum Gasteiger partial charge on any atom is -0.368 e. The molecule has 3 N–H and O–H groups in total. The fourth-order valence-electron chi connectivity index (χ4n) is 3.39. The summed E-state index contributed by atoms with van der Waals surface area (Å²) >= 11 is 0. The molecule has 0 bridgehead atoms. The first-order chi connectivity index (χ1) is 9.60. The van der Waals surface area contributed by atoms with E-state index >= 15 is 0 Å². The van der Waals surface area contributed by atoms with Gasteiger partial charge in [-0.15, -0.1) is 0 Å². The van der Waals surface area contributed by atoms with Crippen molar-refractivity contribution in [1.29, 1.82) is 0 Å². The molecular formula is C15H25N5. The van der Waals surface area contributed by atoms with Gasteiger partial charge >= 0.3 is 0 Å². The summed E-state index contributed by atoms with van der Waals surface area (Å²) in [6.07, 6.45) is 4.94. The molecule has 0 spiro atoms. The van der Waals surface area contributed by atoms with Gasteiger partial charge in [-0.25, -0.2) is 4.98 Å². The highest BCUT2D eigenvalue weighted by Gasteiger charge is 2.33. The van der Waals surface area contributed by atoms with Crippen molar-refractivity contribution in [2.45, 2.75) is 45.7 Å². The van der Waals surface area contributed by atoms with E-state index < -0.39 is 0 Å². The maximum absolute atomic E-state index is 5.94. The standard InChI is InChI=1S/C15H25N5/c1-9(2)10-4-5-11-12(8-10)18-15(16)19-14(11)20-7-6-13(20)17-3/h9-10,13,17H,4-8H2,1-3H3,(H2,16,18,19). The molecule has 2 unspecified atom stereocenters. The van der Waals surface area contributed by atoms with Crippen LogP contribution in [0.15, 0.2) is 0 Å². The molecule has 3 rings (SSSR count). The van der Waals surface area contributed by atoms with Crippen molar-refractivity contribution in [3.05, 3.63) is 11.3 Å². The second kappa shape index (κ2) is 5.20. The summed E-state index contributed by atoms with van der Waals surface area (Å²) in [6.45, 7) is 5.66. The zero-order valence-corrected chi connectivity index (χ0v) is 12.7. The van der Waals surface area contributed by atoms with E-state index in [1.54, 1.807) is 0 Å². The summed E-state index contributed by atoms with van der Waals surface area (Å²) in [5.41, 5.74) is 8.45. The van der Waals surface area contributed by atoms with Crippen LogP contribution in [0, 0.1) is 11.8 Å². The van der Waals surface area contributed by atoms with Crippen LogP contribution in [-0.2, 0) is 12.8 Å². The van der Waals surface area contributed by atoms with E-state index in [1.807, 2.05) is 7.05 Å². The van der Waals surface area contributed by atoms with Crippen molar-refractivity contribution in [3.63, 3.8) is 0 Å². The van der Waals surface area contributed by atoms with Gasteiger partial charge in [-0.3, -0.25) is 0 Å². The molecule has 1 aliphatic heterocycles. The summed E-state index contributed by atoms with van der Waals surface area (Å²) in [6, 6.07) is 0. The maximum atomic E-state index is 5.94. The molecule has 1 aromatic rings. The van der Waals surface area contributed by atoms with Crippen LogP contribution in [0.1, 0.15) is 37.9 Å². The van der Waals surface area contributed by atoms with E-state index in [2.05, 4.69) is 34.0 Å². The van der Waals surface area contributed by atoms with Crippen LogP contribution in [0.5, 0.6) is 0 Å². The zero-order chi connectivity index (χ0) is 14.3. The molecule has 1 aromatic heterocycles.